The highest BCUT2D eigenvalue weighted by Gasteiger charge is 2.28. The Morgan fingerprint density at radius 2 is 1.90 bits per heavy atom. The molecule has 1 saturated carbocycles. The number of amides is 1. The van der Waals surface area contributed by atoms with Crippen molar-refractivity contribution in [1.29, 1.82) is 0 Å². The number of nitrogens with zero attached hydrogens (tertiary/aromatic N) is 2. The van der Waals surface area contributed by atoms with Crippen LogP contribution in [-0.2, 0) is 16.1 Å². The molecule has 0 spiro atoms. The average molecular weight is 428 g/mol. The van der Waals surface area contributed by atoms with Crippen LogP contribution in [-0.4, -0.2) is 34.3 Å². The summed E-state index contributed by atoms with van der Waals surface area (Å²) < 4.78 is 6.63. The fourth-order valence-electron chi connectivity index (χ4n) is 4.28. The molecule has 31 heavy (non-hydrogen) atoms. The van der Waals surface area contributed by atoms with Crippen LogP contribution in [0.1, 0.15) is 69.8 Å². The number of rotatable bonds is 8. The summed E-state index contributed by atoms with van der Waals surface area (Å²) in [7, 11) is 0. The minimum atomic E-state index is -0.694. The van der Waals surface area contributed by atoms with Crippen molar-refractivity contribution in [3.63, 3.8) is 0 Å². The molecule has 0 bridgehead atoms. The molecule has 7 nitrogen and oxygen atoms in total. The first kappa shape index (κ1) is 23.0. The number of aryl methyl sites for hydroxylation is 1. The summed E-state index contributed by atoms with van der Waals surface area (Å²) in [6.07, 6.45) is 6.00. The summed E-state index contributed by atoms with van der Waals surface area (Å²) in [4.78, 5) is 37.9. The van der Waals surface area contributed by atoms with Gasteiger partial charge in [-0.3, -0.25) is 9.59 Å². The topological polar surface area (TPSA) is 90.3 Å². The van der Waals surface area contributed by atoms with Crippen LogP contribution >= 0.6 is 0 Å². The zero-order valence-electron chi connectivity index (χ0n) is 18.7. The molecule has 1 aliphatic carbocycles. The molecule has 0 radical (unpaired) electrons. The number of hydrogen-bond donors (Lipinski definition) is 1. The van der Waals surface area contributed by atoms with E-state index in [1.165, 1.54) is 11.1 Å². The van der Waals surface area contributed by atoms with Gasteiger partial charge in [-0.05, 0) is 30.7 Å². The van der Waals surface area contributed by atoms with E-state index < -0.39 is 5.97 Å². The van der Waals surface area contributed by atoms with E-state index in [4.69, 9.17) is 4.74 Å². The van der Waals surface area contributed by atoms with Crippen molar-refractivity contribution in [2.75, 3.05) is 6.61 Å². The van der Waals surface area contributed by atoms with Crippen LogP contribution in [0.4, 0.5) is 0 Å². The largest absolute Gasteiger partial charge is 0.451 e. The quantitative estimate of drug-likeness (QED) is 0.513. The number of esters is 1. The van der Waals surface area contributed by atoms with Gasteiger partial charge in [0.25, 0.3) is 11.5 Å². The van der Waals surface area contributed by atoms with Crippen LogP contribution < -0.4 is 10.9 Å². The number of ether oxygens (including phenoxy) is 1. The number of nitrogens with one attached hydrogen (secondary N) is 1. The third-order valence-corrected chi connectivity index (χ3v) is 6.42. The van der Waals surface area contributed by atoms with Crippen LogP contribution in [0.15, 0.2) is 29.1 Å². The third-order valence-electron chi connectivity index (χ3n) is 6.42. The van der Waals surface area contributed by atoms with E-state index in [2.05, 4.69) is 31.2 Å². The van der Waals surface area contributed by atoms with E-state index in [1.54, 1.807) is 24.3 Å². The predicted molar refractivity (Wildman–Crippen MR) is 120 cm³/mol. The van der Waals surface area contributed by atoms with E-state index in [9.17, 15) is 14.4 Å². The fourth-order valence-corrected chi connectivity index (χ4v) is 4.28. The number of carbonyl (C=O) groups excluding carboxylic acids is 2. The lowest BCUT2D eigenvalue weighted by Crippen LogP contribution is -2.45. The second kappa shape index (κ2) is 10.6. The van der Waals surface area contributed by atoms with Gasteiger partial charge in [0.2, 0.25) is 0 Å². The van der Waals surface area contributed by atoms with Gasteiger partial charge in [-0.1, -0.05) is 64.7 Å². The number of hydrogen-bond acceptors (Lipinski definition) is 5. The van der Waals surface area contributed by atoms with Gasteiger partial charge in [0.05, 0.1) is 5.39 Å². The van der Waals surface area contributed by atoms with Gasteiger partial charge >= 0.3 is 5.97 Å². The van der Waals surface area contributed by atoms with Gasteiger partial charge in [-0.25, -0.2) is 9.48 Å². The summed E-state index contributed by atoms with van der Waals surface area (Å²) in [6, 6.07) is 6.98. The van der Waals surface area contributed by atoms with E-state index in [-0.39, 0.29) is 29.8 Å². The van der Waals surface area contributed by atoms with E-state index in [0.29, 0.717) is 29.2 Å². The number of unbranched alkanes of at least 4 members (excludes halogenated alkanes) is 2. The third kappa shape index (κ3) is 5.51. The molecule has 2 aromatic rings. The zero-order chi connectivity index (χ0) is 22.4. The first-order chi connectivity index (χ1) is 14.9. The van der Waals surface area contributed by atoms with Gasteiger partial charge in [0.15, 0.2) is 12.3 Å². The van der Waals surface area contributed by atoms with Crippen LogP contribution in [0.5, 0.6) is 0 Å². The first-order valence-electron chi connectivity index (χ1n) is 11.4. The SMILES string of the molecule is CCCCCn1nc(C(=O)OCC(=O)NC2CCCC(C)C2C)c2ccccc2c1=O. The maximum atomic E-state index is 12.8. The first-order valence-corrected chi connectivity index (χ1v) is 11.4. The Labute approximate surface area is 183 Å². The van der Waals surface area contributed by atoms with Crippen LogP contribution in [0.25, 0.3) is 10.8 Å². The number of aromatic nitrogens is 2. The Kier molecular flexibility index (Phi) is 7.82. The predicted octanol–water partition coefficient (Wildman–Crippen LogP) is 3.68. The molecular formula is C24H33N3O4. The van der Waals surface area contributed by atoms with E-state index in [1.807, 2.05) is 0 Å². The molecule has 168 valence electrons. The highest BCUT2D eigenvalue weighted by molar-refractivity contribution is 6.02. The molecule has 1 aromatic carbocycles. The molecule has 1 amide bonds. The highest BCUT2D eigenvalue weighted by Crippen LogP contribution is 2.29. The minimum absolute atomic E-state index is 0.0687. The molecule has 3 unspecified atom stereocenters. The molecule has 0 saturated heterocycles. The van der Waals surface area contributed by atoms with Crippen LogP contribution in [0.2, 0.25) is 0 Å². The van der Waals surface area contributed by atoms with Gasteiger partial charge in [-0.15, -0.1) is 0 Å². The lowest BCUT2D eigenvalue weighted by molar-refractivity contribution is -0.125. The van der Waals surface area contributed by atoms with E-state index >= 15 is 0 Å². The van der Waals surface area contributed by atoms with Crippen molar-refractivity contribution in [3.8, 4) is 0 Å². The molecule has 7 heteroatoms. The van der Waals surface area contributed by atoms with Crippen LogP contribution in [0, 0.1) is 11.8 Å². The number of fused-ring (bicyclic) bond motifs is 1. The molecule has 1 aliphatic rings. The number of carbonyl (C=O) groups is 2. The average Bonchev–Trinajstić information content (AvgIpc) is 2.77. The van der Waals surface area contributed by atoms with Crippen molar-refractivity contribution in [2.24, 2.45) is 11.8 Å². The summed E-state index contributed by atoms with van der Waals surface area (Å²) >= 11 is 0. The number of benzene rings is 1. The summed E-state index contributed by atoms with van der Waals surface area (Å²) in [6.45, 7) is 6.52. The molecule has 1 aromatic heterocycles. The molecule has 0 aliphatic heterocycles. The Morgan fingerprint density at radius 1 is 1.16 bits per heavy atom. The van der Waals surface area contributed by atoms with Crippen molar-refractivity contribution in [1.82, 2.24) is 15.1 Å². The van der Waals surface area contributed by atoms with Crippen molar-refractivity contribution in [3.05, 3.63) is 40.3 Å². The standard InChI is InChI=1S/C24H33N3O4/c1-4-5-8-14-27-23(29)19-12-7-6-11-18(19)22(26-27)24(30)31-15-21(28)25-20-13-9-10-16(2)17(20)3/h6-7,11-12,16-17,20H,4-5,8-10,13-15H2,1-3H3,(H,25,28). The second-order valence-corrected chi connectivity index (χ2v) is 8.65. The lowest BCUT2D eigenvalue weighted by Gasteiger charge is -2.34. The van der Waals surface area contributed by atoms with Gasteiger partial charge < -0.3 is 10.1 Å². The van der Waals surface area contributed by atoms with Crippen LogP contribution in [0.3, 0.4) is 0 Å². The Bertz CT molecular complexity index is 984. The monoisotopic (exact) mass is 427 g/mol. The fraction of sp³-hybridized carbons (Fsp3) is 0.583. The van der Waals surface area contributed by atoms with Crippen molar-refractivity contribution < 1.29 is 14.3 Å². The summed E-state index contributed by atoms with van der Waals surface area (Å²) in [5, 5.41) is 8.16. The normalized spacial score (nSPS) is 21.1. The Morgan fingerprint density at radius 3 is 2.65 bits per heavy atom. The minimum Gasteiger partial charge on any atom is -0.451 e. The van der Waals surface area contributed by atoms with Gasteiger partial charge in [0, 0.05) is 18.0 Å². The Hall–Kier alpha value is -2.70. The Balaban J connectivity index is 1.72. The maximum Gasteiger partial charge on any atom is 0.359 e. The smallest absolute Gasteiger partial charge is 0.359 e. The molecule has 1 heterocycles. The van der Waals surface area contributed by atoms with Gasteiger partial charge in [-0.2, -0.15) is 5.10 Å². The lowest BCUT2D eigenvalue weighted by atomic mass is 9.78. The summed E-state index contributed by atoms with van der Waals surface area (Å²) in [5.41, 5.74) is -0.152. The molecule has 3 atom stereocenters. The summed E-state index contributed by atoms with van der Waals surface area (Å²) in [5.74, 6) is -0.0443. The molecule has 1 fully saturated rings. The van der Waals surface area contributed by atoms with Crippen molar-refractivity contribution >= 4 is 22.6 Å². The molecule has 3 rings (SSSR count). The molecular weight excluding hydrogens is 394 g/mol. The van der Waals surface area contributed by atoms with Crippen molar-refractivity contribution in [2.45, 2.75) is 71.9 Å². The zero-order valence-corrected chi connectivity index (χ0v) is 18.7. The molecule has 1 N–H and O–H groups in total. The van der Waals surface area contributed by atoms with E-state index in [0.717, 1.165) is 32.1 Å². The maximum absolute atomic E-state index is 12.8. The van der Waals surface area contributed by atoms with Gasteiger partial charge in [0.1, 0.15) is 0 Å². The highest BCUT2D eigenvalue weighted by atomic mass is 16.5. The second-order valence-electron chi connectivity index (χ2n) is 8.65.